The molecule has 3 rings (SSSR count). The number of allylic oxidation sites excluding steroid dienone is 2. The molecular weight excluding hydrogens is 280 g/mol. The average molecular weight is 305 g/mol. The highest BCUT2D eigenvalue weighted by atomic mass is 35.5. The van der Waals surface area contributed by atoms with E-state index in [0.29, 0.717) is 0 Å². The first-order valence-electron chi connectivity index (χ1n) is 8.07. The van der Waals surface area contributed by atoms with Gasteiger partial charge in [0.15, 0.2) is 0 Å². The molecule has 21 heavy (non-hydrogen) atoms. The zero-order valence-electron chi connectivity index (χ0n) is 12.8. The number of hydrogen-bond acceptors (Lipinski definition) is 2. The molecule has 0 bridgehead atoms. The van der Waals surface area contributed by atoms with Gasteiger partial charge in [0.25, 0.3) is 0 Å². The van der Waals surface area contributed by atoms with Gasteiger partial charge in [-0.2, -0.15) is 0 Å². The third-order valence-corrected chi connectivity index (χ3v) is 5.05. The minimum absolute atomic E-state index is 0.217. The topological polar surface area (TPSA) is 6.48 Å². The monoisotopic (exact) mass is 304 g/mol. The van der Waals surface area contributed by atoms with Crippen molar-refractivity contribution in [3.05, 3.63) is 47.7 Å². The fraction of sp³-hybridized carbons (Fsp3) is 0.556. The second-order valence-electron chi connectivity index (χ2n) is 6.42. The molecule has 3 heteroatoms. The molecule has 0 aromatic heterocycles. The first-order chi connectivity index (χ1) is 10.2. The molecule has 0 saturated carbocycles. The molecule has 1 aliphatic carbocycles. The zero-order valence-corrected chi connectivity index (χ0v) is 13.6. The summed E-state index contributed by atoms with van der Waals surface area (Å²) in [5, 5.41) is 0.217. The van der Waals surface area contributed by atoms with Gasteiger partial charge in [-0.15, -0.1) is 11.6 Å². The van der Waals surface area contributed by atoms with Crippen LogP contribution in [-0.4, -0.2) is 41.4 Å². The van der Waals surface area contributed by atoms with Gasteiger partial charge in [-0.3, -0.25) is 4.90 Å². The van der Waals surface area contributed by atoms with Crippen LogP contribution in [0.15, 0.2) is 42.1 Å². The van der Waals surface area contributed by atoms with E-state index < -0.39 is 0 Å². The van der Waals surface area contributed by atoms with Crippen LogP contribution in [0.4, 0.5) is 0 Å². The van der Waals surface area contributed by atoms with E-state index in [4.69, 9.17) is 11.6 Å². The second-order valence-corrected chi connectivity index (χ2v) is 6.95. The number of rotatable bonds is 3. The predicted octanol–water partition coefficient (Wildman–Crippen LogP) is 3.73. The average Bonchev–Trinajstić information content (AvgIpc) is 2.49. The van der Waals surface area contributed by atoms with E-state index in [-0.39, 0.29) is 5.38 Å². The van der Waals surface area contributed by atoms with Crippen LogP contribution in [0.1, 0.15) is 25.3 Å². The van der Waals surface area contributed by atoms with E-state index in [0.717, 1.165) is 45.1 Å². The van der Waals surface area contributed by atoms with Crippen LogP contribution in [0.3, 0.4) is 0 Å². The largest absolute Gasteiger partial charge is 0.371 e. The van der Waals surface area contributed by atoms with Crippen LogP contribution < -0.4 is 0 Å². The molecule has 0 amide bonds. The summed E-state index contributed by atoms with van der Waals surface area (Å²) in [5.74, 6) is 0.732. The summed E-state index contributed by atoms with van der Waals surface area (Å²) >= 11 is 6.55. The minimum atomic E-state index is 0.217. The zero-order chi connectivity index (χ0) is 14.7. The fourth-order valence-corrected chi connectivity index (χ4v) is 3.88. The Balaban J connectivity index is 1.53. The van der Waals surface area contributed by atoms with Gasteiger partial charge in [-0.25, -0.2) is 0 Å². The van der Waals surface area contributed by atoms with E-state index >= 15 is 0 Å². The highest BCUT2D eigenvalue weighted by Gasteiger charge is 2.26. The quantitative estimate of drug-likeness (QED) is 0.785. The van der Waals surface area contributed by atoms with Gasteiger partial charge in [0.1, 0.15) is 0 Å². The molecule has 0 N–H and O–H groups in total. The van der Waals surface area contributed by atoms with Gasteiger partial charge in [-0.1, -0.05) is 43.3 Å². The van der Waals surface area contributed by atoms with Crippen LogP contribution in [0.25, 0.3) is 0 Å². The van der Waals surface area contributed by atoms with Gasteiger partial charge in [-0.05, 0) is 24.3 Å². The highest BCUT2D eigenvalue weighted by molar-refractivity contribution is 6.22. The van der Waals surface area contributed by atoms with Crippen LogP contribution in [-0.2, 0) is 6.54 Å². The number of benzene rings is 1. The van der Waals surface area contributed by atoms with E-state index in [9.17, 15) is 0 Å². The normalized spacial score (nSPS) is 27.5. The molecule has 1 heterocycles. The Hall–Kier alpha value is -0.990. The van der Waals surface area contributed by atoms with Gasteiger partial charge in [0.2, 0.25) is 0 Å². The summed E-state index contributed by atoms with van der Waals surface area (Å²) in [5.41, 5.74) is 2.79. The van der Waals surface area contributed by atoms with Crippen molar-refractivity contribution in [3.8, 4) is 0 Å². The smallest absolute Gasteiger partial charge is 0.0733 e. The molecule has 1 aliphatic heterocycles. The van der Waals surface area contributed by atoms with E-state index in [1.165, 1.54) is 17.7 Å². The molecule has 1 aromatic carbocycles. The van der Waals surface area contributed by atoms with Crippen LogP contribution in [0.5, 0.6) is 0 Å². The van der Waals surface area contributed by atoms with Gasteiger partial charge in [0.05, 0.1) is 5.38 Å². The Morgan fingerprint density at radius 3 is 2.48 bits per heavy atom. The van der Waals surface area contributed by atoms with Gasteiger partial charge in [0, 0.05) is 38.4 Å². The van der Waals surface area contributed by atoms with Crippen molar-refractivity contribution in [3.63, 3.8) is 0 Å². The maximum absolute atomic E-state index is 6.55. The molecular formula is C18H25ClN2. The Labute approximate surface area is 133 Å². The molecule has 1 aromatic rings. The molecule has 0 radical (unpaired) electrons. The van der Waals surface area contributed by atoms with E-state index in [1.807, 2.05) is 0 Å². The van der Waals surface area contributed by atoms with Crippen molar-refractivity contribution in [1.82, 2.24) is 9.80 Å². The standard InChI is InChI=1S/C18H25ClN2/c1-15-7-8-18(17(19)13-15)21-11-9-20(10-12-21)14-16-5-3-2-4-6-16/h2-6,8,15,17H,7,9-14H2,1H3. The van der Waals surface area contributed by atoms with Crippen molar-refractivity contribution in [2.75, 3.05) is 26.2 Å². The van der Waals surface area contributed by atoms with Crippen molar-refractivity contribution in [2.24, 2.45) is 5.92 Å². The van der Waals surface area contributed by atoms with Crippen molar-refractivity contribution in [2.45, 2.75) is 31.7 Å². The Kier molecular flexibility index (Phi) is 4.87. The van der Waals surface area contributed by atoms with Gasteiger partial charge >= 0.3 is 0 Å². The van der Waals surface area contributed by atoms with Gasteiger partial charge < -0.3 is 4.90 Å². The van der Waals surface area contributed by atoms with Crippen LogP contribution in [0, 0.1) is 5.92 Å². The van der Waals surface area contributed by atoms with E-state index in [2.05, 4.69) is 53.1 Å². The first-order valence-corrected chi connectivity index (χ1v) is 8.51. The third-order valence-electron chi connectivity index (χ3n) is 4.65. The number of nitrogens with zero attached hydrogens (tertiary/aromatic N) is 2. The van der Waals surface area contributed by atoms with E-state index in [1.54, 1.807) is 0 Å². The predicted molar refractivity (Wildman–Crippen MR) is 89.4 cm³/mol. The molecule has 114 valence electrons. The van der Waals surface area contributed by atoms with Crippen LogP contribution in [0.2, 0.25) is 0 Å². The minimum Gasteiger partial charge on any atom is -0.371 e. The molecule has 1 saturated heterocycles. The van der Waals surface area contributed by atoms with Crippen molar-refractivity contribution >= 4 is 11.6 Å². The SMILES string of the molecule is CC1CC=C(N2CCN(Cc3ccccc3)CC2)C(Cl)C1. The fourth-order valence-electron chi connectivity index (χ4n) is 3.35. The maximum Gasteiger partial charge on any atom is 0.0733 e. The summed E-state index contributed by atoms with van der Waals surface area (Å²) in [6.07, 6.45) is 4.68. The van der Waals surface area contributed by atoms with Crippen molar-refractivity contribution in [1.29, 1.82) is 0 Å². The highest BCUT2D eigenvalue weighted by Crippen LogP contribution is 2.30. The lowest BCUT2D eigenvalue weighted by Gasteiger charge is -2.40. The molecule has 2 aliphatic rings. The molecule has 2 atom stereocenters. The summed E-state index contributed by atoms with van der Waals surface area (Å²) in [4.78, 5) is 5.05. The number of halogens is 1. The Morgan fingerprint density at radius 1 is 1.10 bits per heavy atom. The first kappa shape index (κ1) is 14.9. The lowest BCUT2D eigenvalue weighted by Crippen LogP contribution is -2.47. The number of alkyl halides is 1. The Morgan fingerprint density at radius 2 is 1.81 bits per heavy atom. The molecule has 0 spiro atoms. The second kappa shape index (κ2) is 6.85. The Bertz CT molecular complexity index is 477. The maximum atomic E-state index is 6.55. The number of piperazine rings is 1. The summed E-state index contributed by atoms with van der Waals surface area (Å²) in [7, 11) is 0. The summed E-state index contributed by atoms with van der Waals surface area (Å²) in [6, 6.07) is 10.8. The third kappa shape index (κ3) is 3.81. The number of hydrogen-bond donors (Lipinski definition) is 0. The molecule has 1 fully saturated rings. The van der Waals surface area contributed by atoms with Crippen molar-refractivity contribution < 1.29 is 0 Å². The molecule has 2 nitrogen and oxygen atoms in total. The van der Waals surface area contributed by atoms with Crippen LogP contribution >= 0.6 is 11.6 Å². The lowest BCUT2D eigenvalue weighted by molar-refractivity contribution is 0.147. The summed E-state index contributed by atoms with van der Waals surface area (Å²) in [6.45, 7) is 7.83. The molecule has 2 unspecified atom stereocenters. The summed E-state index contributed by atoms with van der Waals surface area (Å²) < 4.78 is 0. The lowest BCUT2D eigenvalue weighted by atomic mass is 9.93.